The van der Waals surface area contributed by atoms with Crippen molar-refractivity contribution in [3.63, 3.8) is 0 Å². The molecule has 0 saturated carbocycles. The van der Waals surface area contributed by atoms with E-state index in [1.165, 1.54) is 72.1 Å². The fraction of sp³-hybridized carbons (Fsp3) is 0. The van der Waals surface area contributed by atoms with Gasteiger partial charge in [0.25, 0.3) is 0 Å². The molecular formula is C54H36FN. The SMILES string of the molecule is Fc1ccc(N(c2ccc(C=Cc3ccc(-c4c5ccccc5c(-c5cccc6ccccc56)c5ccccc45)cc3)cc2)c2ccc3ccccc3c2)cc1. The Morgan fingerprint density at radius 2 is 0.804 bits per heavy atom. The zero-order valence-corrected chi connectivity index (χ0v) is 30.6. The summed E-state index contributed by atoms with van der Waals surface area (Å²) in [6.07, 6.45) is 4.32. The second kappa shape index (κ2) is 14.2. The van der Waals surface area contributed by atoms with Crippen LogP contribution in [0.4, 0.5) is 21.5 Å². The van der Waals surface area contributed by atoms with Crippen LogP contribution in [0.1, 0.15) is 11.1 Å². The van der Waals surface area contributed by atoms with E-state index >= 15 is 0 Å². The molecule has 0 aliphatic heterocycles. The van der Waals surface area contributed by atoms with Crippen LogP contribution in [-0.4, -0.2) is 0 Å². The van der Waals surface area contributed by atoms with Crippen molar-refractivity contribution in [3.8, 4) is 22.3 Å². The van der Waals surface area contributed by atoms with E-state index in [0.717, 1.165) is 33.6 Å². The van der Waals surface area contributed by atoms with Crippen LogP contribution in [0, 0.1) is 5.82 Å². The second-order valence-corrected chi connectivity index (χ2v) is 14.3. The average Bonchev–Trinajstić information content (AvgIpc) is 3.26. The first kappa shape index (κ1) is 33.3. The number of anilines is 3. The van der Waals surface area contributed by atoms with Gasteiger partial charge in [0.2, 0.25) is 0 Å². The summed E-state index contributed by atoms with van der Waals surface area (Å²) in [5.74, 6) is -0.253. The van der Waals surface area contributed by atoms with Crippen LogP contribution < -0.4 is 4.90 Å². The van der Waals surface area contributed by atoms with Crippen molar-refractivity contribution in [1.29, 1.82) is 0 Å². The van der Waals surface area contributed by atoms with Crippen molar-refractivity contribution in [1.82, 2.24) is 0 Å². The highest BCUT2D eigenvalue weighted by atomic mass is 19.1. The number of benzene rings is 10. The quantitative estimate of drug-likeness (QED) is 0.117. The predicted molar refractivity (Wildman–Crippen MR) is 237 cm³/mol. The van der Waals surface area contributed by atoms with Crippen LogP contribution in [0.3, 0.4) is 0 Å². The Bertz CT molecular complexity index is 3010. The Morgan fingerprint density at radius 1 is 0.339 bits per heavy atom. The molecule has 56 heavy (non-hydrogen) atoms. The Labute approximate surface area is 325 Å². The maximum Gasteiger partial charge on any atom is 0.123 e. The van der Waals surface area contributed by atoms with Crippen molar-refractivity contribution in [2.45, 2.75) is 0 Å². The third-order valence-electron chi connectivity index (χ3n) is 10.9. The van der Waals surface area contributed by atoms with Gasteiger partial charge in [-0.15, -0.1) is 0 Å². The van der Waals surface area contributed by atoms with Gasteiger partial charge in [-0.05, 0) is 125 Å². The summed E-state index contributed by atoms with van der Waals surface area (Å²) in [4.78, 5) is 2.17. The van der Waals surface area contributed by atoms with E-state index in [-0.39, 0.29) is 5.82 Å². The number of hydrogen-bond acceptors (Lipinski definition) is 1. The third-order valence-corrected chi connectivity index (χ3v) is 10.9. The van der Waals surface area contributed by atoms with Gasteiger partial charge in [-0.3, -0.25) is 0 Å². The maximum absolute atomic E-state index is 14.0. The molecule has 0 saturated heterocycles. The van der Waals surface area contributed by atoms with Gasteiger partial charge >= 0.3 is 0 Å². The maximum atomic E-state index is 14.0. The van der Waals surface area contributed by atoms with E-state index in [1.54, 1.807) is 0 Å². The van der Waals surface area contributed by atoms with Crippen LogP contribution in [0.5, 0.6) is 0 Å². The summed E-state index contributed by atoms with van der Waals surface area (Å²) < 4.78 is 14.0. The van der Waals surface area contributed by atoms with Crippen molar-refractivity contribution >= 4 is 72.3 Å². The molecule has 0 unspecified atom stereocenters. The lowest BCUT2D eigenvalue weighted by molar-refractivity contribution is 0.628. The second-order valence-electron chi connectivity index (χ2n) is 14.3. The van der Waals surface area contributed by atoms with E-state index < -0.39 is 0 Å². The topological polar surface area (TPSA) is 3.24 Å². The molecule has 0 aromatic heterocycles. The van der Waals surface area contributed by atoms with Crippen molar-refractivity contribution in [2.24, 2.45) is 0 Å². The molecule has 0 bridgehead atoms. The molecule has 2 heteroatoms. The Hall–Kier alpha value is -7.29. The minimum atomic E-state index is -0.253. The van der Waals surface area contributed by atoms with E-state index in [4.69, 9.17) is 0 Å². The van der Waals surface area contributed by atoms with Gasteiger partial charge in [0.1, 0.15) is 5.82 Å². The lowest BCUT2D eigenvalue weighted by Gasteiger charge is -2.26. The molecule has 264 valence electrons. The molecule has 0 fully saturated rings. The van der Waals surface area contributed by atoms with Gasteiger partial charge in [0.05, 0.1) is 0 Å². The largest absolute Gasteiger partial charge is 0.310 e. The molecule has 0 radical (unpaired) electrons. The summed E-state index contributed by atoms with van der Waals surface area (Å²) in [5.41, 5.74) is 10.1. The minimum Gasteiger partial charge on any atom is -0.310 e. The van der Waals surface area contributed by atoms with E-state index in [1.807, 2.05) is 12.1 Å². The lowest BCUT2D eigenvalue weighted by Crippen LogP contribution is -2.09. The van der Waals surface area contributed by atoms with Gasteiger partial charge < -0.3 is 4.90 Å². The van der Waals surface area contributed by atoms with Gasteiger partial charge in [-0.1, -0.05) is 170 Å². The highest BCUT2D eigenvalue weighted by Gasteiger charge is 2.18. The van der Waals surface area contributed by atoms with E-state index in [2.05, 4.69) is 199 Å². The van der Waals surface area contributed by atoms with Gasteiger partial charge in [0.15, 0.2) is 0 Å². The molecule has 0 atom stereocenters. The standard InChI is InChI=1S/C54H36FN/c55-43-29-34-45(35-30-43)56(46-33-28-39-10-1-2-12-42(39)36-46)44-31-24-38(25-32-44)21-20-37-22-26-41(27-23-37)53-49-15-5-7-17-51(49)54(52-18-8-6-16-50(52)53)48-19-9-13-40-11-3-4-14-47(40)48/h1-36H. The smallest absolute Gasteiger partial charge is 0.123 e. The average molecular weight is 718 g/mol. The highest BCUT2D eigenvalue weighted by molar-refractivity contribution is 6.23. The van der Waals surface area contributed by atoms with E-state index in [0.29, 0.717) is 0 Å². The molecule has 0 heterocycles. The van der Waals surface area contributed by atoms with Crippen LogP contribution in [0.2, 0.25) is 0 Å². The van der Waals surface area contributed by atoms with Gasteiger partial charge in [-0.25, -0.2) is 4.39 Å². The zero-order chi connectivity index (χ0) is 37.4. The van der Waals surface area contributed by atoms with Gasteiger partial charge in [0, 0.05) is 17.1 Å². The summed E-state index contributed by atoms with van der Waals surface area (Å²) in [7, 11) is 0. The number of hydrogen-bond donors (Lipinski definition) is 0. The molecule has 10 aromatic rings. The fourth-order valence-corrected chi connectivity index (χ4v) is 8.21. The monoisotopic (exact) mass is 717 g/mol. The molecule has 0 amide bonds. The van der Waals surface area contributed by atoms with E-state index in [9.17, 15) is 4.39 Å². The summed E-state index contributed by atoms with van der Waals surface area (Å²) in [6.45, 7) is 0. The first-order valence-electron chi connectivity index (χ1n) is 19.0. The van der Waals surface area contributed by atoms with Crippen LogP contribution in [0.25, 0.3) is 77.5 Å². The molecule has 0 spiro atoms. The molecular weight excluding hydrogens is 682 g/mol. The van der Waals surface area contributed by atoms with Crippen molar-refractivity contribution in [2.75, 3.05) is 4.90 Å². The Morgan fingerprint density at radius 3 is 1.43 bits per heavy atom. The highest BCUT2D eigenvalue weighted by Crippen LogP contribution is 2.45. The Balaban J connectivity index is 0.979. The van der Waals surface area contributed by atoms with Crippen LogP contribution in [0.15, 0.2) is 206 Å². The molecule has 0 aliphatic carbocycles. The number of rotatable bonds is 7. The molecule has 10 aromatic carbocycles. The fourth-order valence-electron chi connectivity index (χ4n) is 8.21. The summed E-state index contributed by atoms with van der Waals surface area (Å²) in [6, 6.07) is 71.8. The van der Waals surface area contributed by atoms with Crippen LogP contribution in [-0.2, 0) is 0 Å². The summed E-state index contributed by atoms with van der Waals surface area (Å²) in [5, 5.41) is 9.84. The van der Waals surface area contributed by atoms with Gasteiger partial charge in [-0.2, -0.15) is 0 Å². The Kier molecular flexibility index (Phi) is 8.42. The lowest BCUT2D eigenvalue weighted by atomic mass is 9.84. The number of halogens is 1. The normalized spacial score (nSPS) is 11.6. The molecule has 0 aliphatic rings. The molecule has 1 nitrogen and oxygen atoms in total. The molecule has 10 rings (SSSR count). The first-order valence-corrected chi connectivity index (χ1v) is 19.0. The minimum absolute atomic E-state index is 0.253. The number of nitrogens with zero attached hydrogens (tertiary/aromatic N) is 1. The summed E-state index contributed by atoms with van der Waals surface area (Å²) >= 11 is 0. The first-order chi connectivity index (χ1) is 27.7. The third kappa shape index (κ3) is 6.08. The zero-order valence-electron chi connectivity index (χ0n) is 30.6. The number of fused-ring (bicyclic) bond motifs is 4. The van der Waals surface area contributed by atoms with Crippen molar-refractivity contribution in [3.05, 3.63) is 223 Å². The van der Waals surface area contributed by atoms with Crippen molar-refractivity contribution < 1.29 is 4.39 Å². The van der Waals surface area contributed by atoms with Crippen LogP contribution >= 0.6 is 0 Å². The molecule has 0 N–H and O–H groups in total. The predicted octanol–water partition coefficient (Wildman–Crippen LogP) is 15.4.